The van der Waals surface area contributed by atoms with Crippen molar-refractivity contribution in [2.75, 3.05) is 0 Å². The molecule has 0 spiro atoms. The van der Waals surface area contributed by atoms with Gasteiger partial charge in [0.05, 0.1) is 0 Å². The molecule has 0 amide bonds. The normalized spacial score (nSPS) is 9.67. The van der Waals surface area contributed by atoms with Crippen LogP contribution in [0.3, 0.4) is 0 Å². The molecule has 1 aromatic carbocycles. The van der Waals surface area contributed by atoms with Gasteiger partial charge >= 0.3 is 0 Å². The fraction of sp³-hybridized carbons (Fsp3) is 0. The van der Waals surface area contributed by atoms with Gasteiger partial charge < -0.3 is 0 Å². The molecule has 3 heteroatoms. The molecule has 0 nitrogen and oxygen atoms in total. The third kappa shape index (κ3) is 2.32. The molecule has 0 aliphatic heterocycles. The quantitative estimate of drug-likeness (QED) is 0.684. The van der Waals surface area contributed by atoms with Crippen LogP contribution in [0.4, 0.5) is 0 Å². The zero-order chi connectivity index (χ0) is 6.85. The summed E-state index contributed by atoms with van der Waals surface area (Å²) in [6.07, 6.45) is 0. The van der Waals surface area contributed by atoms with Crippen molar-refractivity contribution in [1.82, 2.24) is 0 Å². The Labute approximate surface area is 76.3 Å². The Hall–Kier alpha value is 0.530. The van der Waals surface area contributed by atoms with Crippen LogP contribution < -0.4 is 0 Å². The molecular formula is C6H4Br2S. The molecule has 0 bridgehead atoms. The average Bonchev–Trinajstić information content (AvgIpc) is 1.59. The van der Waals surface area contributed by atoms with Crippen molar-refractivity contribution >= 4 is 44.5 Å². The third-order valence-electron chi connectivity index (χ3n) is 0.847. The lowest BCUT2D eigenvalue weighted by Gasteiger charge is -1.93. The van der Waals surface area contributed by atoms with Gasteiger partial charge in [0.15, 0.2) is 0 Å². The van der Waals surface area contributed by atoms with E-state index in [4.69, 9.17) is 0 Å². The second-order valence-electron chi connectivity index (χ2n) is 1.63. The number of halogens is 2. The zero-order valence-corrected chi connectivity index (χ0v) is 8.50. The molecule has 0 unspecified atom stereocenters. The van der Waals surface area contributed by atoms with E-state index in [9.17, 15) is 0 Å². The first kappa shape index (κ1) is 7.63. The minimum Gasteiger partial charge on any atom is -0.143 e. The van der Waals surface area contributed by atoms with E-state index < -0.39 is 0 Å². The summed E-state index contributed by atoms with van der Waals surface area (Å²) in [6.45, 7) is 0. The first-order valence-corrected chi connectivity index (χ1v) is 4.37. The van der Waals surface area contributed by atoms with E-state index in [-0.39, 0.29) is 0 Å². The fourth-order valence-corrected chi connectivity index (χ4v) is 2.46. The van der Waals surface area contributed by atoms with Crippen LogP contribution in [0, 0.1) is 0 Å². The molecule has 0 saturated heterocycles. The SMILES string of the molecule is Sc1cc(Br)cc(Br)c1. The van der Waals surface area contributed by atoms with E-state index in [2.05, 4.69) is 44.5 Å². The van der Waals surface area contributed by atoms with Crippen molar-refractivity contribution in [3.8, 4) is 0 Å². The highest BCUT2D eigenvalue weighted by atomic mass is 79.9. The summed E-state index contributed by atoms with van der Waals surface area (Å²) in [6, 6.07) is 5.85. The smallest absolute Gasteiger partial charge is 0.0197 e. The molecule has 9 heavy (non-hydrogen) atoms. The Balaban J connectivity index is 3.17. The van der Waals surface area contributed by atoms with Gasteiger partial charge in [-0.25, -0.2) is 0 Å². The van der Waals surface area contributed by atoms with Crippen molar-refractivity contribution in [2.45, 2.75) is 4.90 Å². The molecule has 0 saturated carbocycles. The minimum absolute atomic E-state index is 0.955. The standard InChI is InChI=1S/C6H4Br2S/c7-4-1-5(8)3-6(9)2-4/h1-3,9H. The van der Waals surface area contributed by atoms with Gasteiger partial charge in [0.2, 0.25) is 0 Å². The predicted octanol–water partition coefficient (Wildman–Crippen LogP) is 3.50. The van der Waals surface area contributed by atoms with Gasteiger partial charge in [-0.2, -0.15) is 0 Å². The van der Waals surface area contributed by atoms with Gasteiger partial charge in [0.1, 0.15) is 0 Å². The van der Waals surface area contributed by atoms with Gasteiger partial charge in [-0.05, 0) is 18.2 Å². The van der Waals surface area contributed by atoms with E-state index in [0.717, 1.165) is 13.8 Å². The highest BCUT2D eigenvalue weighted by molar-refractivity contribution is 9.11. The Morgan fingerprint density at radius 2 is 1.44 bits per heavy atom. The predicted molar refractivity (Wildman–Crippen MR) is 49.1 cm³/mol. The number of hydrogen-bond donors (Lipinski definition) is 1. The zero-order valence-electron chi connectivity index (χ0n) is 4.44. The second-order valence-corrected chi connectivity index (χ2v) is 3.98. The number of hydrogen-bond acceptors (Lipinski definition) is 1. The molecule has 0 aliphatic carbocycles. The summed E-state index contributed by atoms with van der Waals surface area (Å²) in [7, 11) is 0. The molecular weight excluding hydrogens is 264 g/mol. The Bertz CT molecular complexity index is 172. The summed E-state index contributed by atoms with van der Waals surface area (Å²) >= 11 is 10.8. The van der Waals surface area contributed by atoms with Crippen molar-refractivity contribution in [1.29, 1.82) is 0 Å². The maximum Gasteiger partial charge on any atom is 0.0197 e. The minimum atomic E-state index is 0.955. The van der Waals surface area contributed by atoms with Gasteiger partial charge in [-0.3, -0.25) is 0 Å². The van der Waals surface area contributed by atoms with Crippen LogP contribution >= 0.6 is 44.5 Å². The van der Waals surface area contributed by atoms with E-state index in [0.29, 0.717) is 0 Å². The van der Waals surface area contributed by atoms with Crippen molar-refractivity contribution < 1.29 is 0 Å². The van der Waals surface area contributed by atoms with Gasteiger partial charge in [0.25, 0.3) is 0 Å². The van der Waals surface area contributed by atoms with Gasteiger partial charge in [-0.15, -0.1) is 12.6 Å². The van der Waals surface area contributed by atoms with Gasteiger partial charge in [-0.1, -0.05) is 31.9 Å². The van der Waals surface area contributed by atoms with Crippen LogP contribution in [-0.2, 0) is 0 Å². The van der Waals surface area contributed by atoms with Crippen LogP contribution in [0.2, 0.25) is 0 Å². The molecule has 48 valence electrons. The van der Waals surface area contributed by atoms with Crippen LogP contribution in [0.1, 0.15) is 0 Å². The molecule has 0 fully saturated rings. The average molecular weight is 268 g/mol. The first-order chi connectivity index (χ1) is 4.18. The summed E-state index contributed by atoms with van der Waals surface area (Å²) in [5, 5.41) is 0. The largest absolute Gasteiger partial charge is 0.143 e. The monoisotopic (exact) mass is 266 g/mol. The van der Waals surface area contributed by atoms with E-state index in [1.807, 2.05) is 18.2 Å². The molecule has 1 aromatic rings. The third-order valence-corrected chi connectivity index (χ3v) is 2.02. The topological polar surface area (TPSA) is 0 Å². The Morgan fingerprint density at radius 1 is 1.00 bits per heavy atom. The molecule has 0 radical (unpaired) electrons. The van der Waals surface area contributed by atoms with E-state index in [1.54, 1.807) is 0 Å². The maximum absolute atomic E-state index is 4.16. The Morgan fingerprint density at radius 3 is 1.78 bits per heavy atom. The first-order valence-electron chi connectivity index (χ1n) is 2.33. The maximum atomic E-state index is 4.16. The van der Waals surface area contributed by atoms with Crippen molar-refractivity contribution in [2.24, 2.45) is 0 Å². The highest BCUT2D eigenvalue weighted by Gasteiger charge is 1.90. The highest BCUT2D eigenvalue weighted by Crippen LogP contribution is 2.21. The molecule has 0 heterocycles. The van der Waals surface area contributed by atoms with E-state index >= 15 is 0 Å². The summed E-state index contributed by atoms with van der Waals surface area (Å²) in [5.41, 5.74) is 0. The van der Waals surface area contributed by atoms with Crippen LogP contribution in [0.25, 0.3) is 0 Å². The lowest BCUT2D eigenvalue weighted by Crippen LogP contribution is -1.67. The Kier molecular flexibility index (Phi) is 2.61. The molecule has 0 N–H and O–H groups in total. The number of rotatable bonds is 0. The summed E-state index contributed by atoms with van der Waals surface area (Å²) < 4.78 is 2.09. The van der Waals surface area contributed by atoms with Crippen LogP contribution in [0.5, 0.6) is 0 Å². The van der Waals surface area contributed by atoms with Crippen molar-refractivity contribution in [3.05, 3.63) is 27.1 Å². The van der Waals surface area contributed by atoms with E-state index in [1.165, 1.54) is 0 Å². The molecule has 1 rings (SSSR count). The van der Waals surface area contributed by atoms with Crippen LogP contribution in [0.15, 0.2) is 32.0 Å². The summed E-state index contributed by atoms with van der Waals surface area (Å²) in [4.78, 5) is 0.955. The molecule has 0 aliphatic rings. The second kappa shape index (κ2) is 3.08. The number of benzene rings is 1. The fourth-order valence-electron chi connectivity index (χ4n) is 0.539. The lowest BCUT2D eigenvalue weighted by molar-refractivity contribution is 1.42. The van der Waals surface area contributed by atoms with Crippen LogP contribution in [-0.4, -0.2) is 0 Å². The van der Waals surface area contributed by atoms with Crippen molar-refractivity contribution in [3.63, 3.8) is 0 Å². The van der Waals surface area contributed by atoms with Gasteiger partial charge in [0, 0.05) is 13.8 Å². The molecule has 0 atom stereocenters. The molecule has 0 aromatic heterocycles. The lowest BCUT2D eigenvalue weighted by atomic mass is 10.4. The number of thiol groups is 1. The summed E-state index contributed by atoms with van der Waals surface area (Å²) in [5.74, 6) is 0.